The molecular weight excluding hydrogens is 526 g/mol. The number of rotatable bonds is 9. The molecule has 210 valence electrons. The summed E-state index contributed by atoms with van der Waals surface area (Å²) in [5, 5.41) is 8.85. The van der Waals surface area contributed by atoms with Gasteiger partial charge in [0.25, 0.3) is 0 Å². The summed E-state index contributed by atoms with van der Waals surface area (Å²) in [4.78, 5) is 30.6. The molecule has 1 aromatic heterocycles. The Balaban J connectivity index is 1.15. The zero-order valence-corrected chi connectivity index (χ0v) is 23.2. The fourth-order valence-corrected chi connectivity index (χ4v) is 7.18. The molecule has 2 aliphatic rings. The number of nitrogens with one attached hydrogen (secondary N) is 1. The summed E-state index contributed by atoms with van der Waals surface area (Å²) in [6, 6.07) is 18.2. The molecule has 5 rings (SSSR count). The number of carbonyl (C=O) groups is 2. The van der Waals surface area contributed by atoms with Crippen LogP contribution < -0.4 is 4.72 Å². The SMILES string of the molecule is O=C(O)CCc1ccc(-c2ccc(S(=O)(=O)N[C@H]3CC[C@H](C(=O)N4CCCC4c4cccnc4)CC3)cc2)cc1. The fourth-order valence-electron chi connectivity index (χ4n) is 5.87. The molecule has 2 heterocycles. The van der Waals surface area contributed by atoms with Crippen LogP contribution in [0.3, 0.4) is 0 Å². The number of carbonyl (C=O) groups excluding carboxylic acids is 1. The fraction of sp³-hybridized carbons (Fsp3) is 0.387. The quantitative estimate of drug-likeness (QED) is 0.381. The molecule has 1 saturated carbocycles. The maximum atomic E-state index is 13.4. The van der Waals surface area contributed by atoms with E-state index in [0.29, 0.717) is 32.1 Å². The number of carboxylic acids is 1. The molecule has 8 nitrogen and oxygen atoms in total. The first-order valence-electron chi connectivity index (χ1n) is 13.9. The highest BCUT2D eigenvalue weighted by Crippen LogP contribution is 2.36. The van der Waals surface area contributed by atoms with E-state index in [1.807, 2.05) is 47.5 Å². The first kappa shape index (κ1) is 28.0. The van der Waals surface area contributed by atoms with Crippen molar-refractivity contribution in [1.29, 1.82) is 0 Å². The van der Waals surface area contributed by atoms with Crippen molar-refractivity contribution in [3.63, 3.8) is 0 Å². The molecule has 1 saturated heterocycles. The van der Waals surface area contributed by atoms with Crippen LogP contribution in [0.25, 0.3) is 11.1 Å². The number of carboxylic acid groups (broad SMARTS) is 1. The van der Waals surface area contributed by atoms with Crippen LogP contribution >= 0.6 is 0 Å². The van der Waals surface area contributed by atoms with E-state index in [-0.39, 0.29) is 35.2 Å². The van der Waals surface area contributed by atoms with Crippen molar-refractivity contribution in [3.8, 4) is 11.1 Å². The number of hydrogen-bond acceptors (Lipinski definition) is 5. The smallest absolute Gasteiger partial charge is 0.303 e. The van der Waals surface area contributed by atoms with Gasteiger partial charge in [0, 0.05) is 37.3 Å². The average molecular weight is 562 g/mol. The molecule has 9 heteroatoms. The molecule has 1 amide bonds. The third kappa shape index (κ3) is 6.59. The van der Waals surface area contributed by atoms with Gasteiger partial charge in [0.2, 0.25) is 15.9 Å². The summed E-state index contributed by atoms with van der Waals surface area (Å²) in [5.41, 5.74) is 3.84. The van der Waals surface area contributed by atoms with Crippen LogP contribution in [0.4, 0.5) is 0 Å². The van der Waals surface area contributed by atoms with E-state index in [9.17, 15) is 18.0 Å². The zero-order valence-electron chi connectivity index (χ0n) is 22.4. The maximum absolute atomic E-state index is 13.4. The summed E-state index contributed by atoms with van der Waals surface area (Å²) >= 11 is 0. The first-order valence-corrected chi connectivity index (χ1v) is 15.4. The normalized spacial score (nSPS) is 21.3. The standard InChI is InChI=1S/C31H35N3O5S/c35-30(36)18-7-22-5-8-23(9-6-22)24-12-16-28(17-13-24)40(38,39)33-27-14-10-25(11-15-27)31(37)34-20-2-4-29(34)26-3-1-19-32-21-26/h1,3,5-6,8-9,12-13,16-17,19,21,25,27,29,33H,2,4,7,10-11,14-15,18,20H2,(H,35,36)/t25-,27-,29?. The Morgan fingerprint density at radius 1 is 0.925 bits per heavy atom. The Kier molecular flexibility index (Phi) is 8.61. The largest absolute Gasteiger partial charge is 0.481 e. The van der Waals surface area contributed by atoms with Crippen LogP contribution in [0.2, 0.25) is 0 Å². The summed E-state index contributed by atoms with van der Waals surface area (Å²) in [6.45, 7) is 0.760. The Labute approximate surface area is 235 Å². The number of likely N-dealkylation sites (tertiary alicyclic amines) is 1. The molecule has 40 heavy (non-hydrogen) atoms. The van der Waals surface area contributed by atoms with E-state index >= 15 is 0 Å². The average Bonchev–Trinajstić information content (AvgIpc) is 3.47. The predicted octanol–water partition coefficient (Wildman–Crippen LogP) is 4.97. The minimum Gasteiger partial charge on any atom is -0.481 e. The van der Waals surface area contributed by atoms with Crippen molar-refractivity contribution in [2.24, 2.45) is 5.92 Å². The second-order valence-corrected chi connectivity index (χ2v) is 12.5. The minimum atomic E-state index is -3.69. The Bertz CT molecular complexity index is 1420. The lowest BCUT2D eigenvalue weighted by atomic mass is 9.85. The zero-order chi connectivity index (χ0) is 28.1. The number of aromatic nitrogens is 1. The second-order valence-electron chi connectivity index (χ2n) is 10.8. The van der Waals surface area contributed by atoms with Gasteiger partial charge in [-0.2, -0.15) is 0 Å². The maximum Gasteiger partial charge on any atom is 0.303 e. The predicted molar refractivity (Wildman–Crippen MR) is 152 cm³/mol. The molecule has 0 radical (unpaired) electrons. The molecule has 0 spiro atoms. The monoisotopic (exact) mass is 561 g/mol. The second kappa shape index (κ2) is 12.3. The number of aryl methyl sites for hydroxylation is 1. The number of nitrogens with zero attached hydrogens (tertiary/aromatic N) is 2. The lowest BCUT2D eigenvalue weighted by molar-refractivity contribution is -0.138. The van der Waals surface area contributed by atoms with Gasteiger partial charge in [0.1, 0.15) is 0 Å². The topological polar surface area (TPSA) is 117 Å². The number of pyridine rings is 1. The van der Waals surface area contributed by atoms with Gasteiger partial charge in [0.15, 0.2) is 0 Å². The summed E-state index contributed by atoms with van der Waals surface area (Å²) in [7, 11) is -3.69. The van der Waals surface area contributed by atoms with Crippen molar-refractivity contribution >= 4 is 21.9 Å². The van der Waals surface area contributed by atoms with E-state index in [1.165, 1.54) is 0 Å². The first-order chi connectivity index (χ1) is 19.3. The van der Waals surface area contributed by atoms with Gasteiger partial charge in [-0.1, -0.05) is 42.5 Å². The van der Waals surface area contributed by atoms with Gasteiger partial charge >= 0.3 is 5.97 Å². The molecule has 1 aliphatic heterocycles. The van der Waals surface area contributed by atoms with E-state index in [0.717, 1.165) is 41.6 Å². The van der Waals surface area contributed by atoms with Gasteiger partial charge in [-0.15, -0.1) is 0 Å². The van der Waals surface area contributed by atoms with Crippen LogP contribution in [0.5, 0.6) is 0 Å². The minimum absolute atomic E-state index is 0.0761. The summed E-state index contributed by atoms with van der Waals surface area (Å²) < 4.78 is 29.1. The molecule has 2 aromatic carbocycles. The van der Waals surface area contributed by atoms with Crippen molar-refractivity contribution in [3.05, 3.63) is 84.2 Å². The van der Waals surface area contributed by atoms with E-state index in [2.05, 4.69) is 9.71 Å². The van der Waals surface area contributed by atoms with E-state index in [1.54, 1.807) is 30.5 Å². The van der Waals surface area contributed by atoms with Gasteiger partial charge < -0.3 is 10.0 Å². The highest BCUT2D eigenvalue weighted by atomic mass is 32.2. The number of hydrogen-bond donors (Lipinski definition) is 2. The summed E-state index contributed by atoms with van der Waals surface area (Å²) in [6.07, 6.45) is 8.68. The molecular formula is C31H35N3O5S. The van der Waals surface area contributed by atoms with Crippen LogP contribution in [-0.2, 0) is 26.0 Å². The number of sulfonamides is 1. The van der Waals surface area contributed by atoms with E-state index < -0.39 is 16.0 Å². The van der Waals surface area contributed by atoms with Gasteiger partial charge in [-0.05, 0) is 85.4 Å². The Morgan fingerprint density at radius 3 is 2.23 bits per heavy atom. The summed E-state index contributed by atoms with van der Waals surface area (Å²) in [5.74, 6) is -0.723. The van der Waals surface area contributed by atoms with Crippen molar-refractivity contribution in [1.82, 2.24) is 14.6 Å². The van der Waals surface area contributed by atoms with Crippen molar-refractivity contribution < 1.29 is 23.1 Å². The van der Waals surface area contributed by atoms with Gasteiger partial charge in [-0.3, -0.25) is 14.6 Å². The van der Waals surface area contributed by atoms with Crippen molar-refractivity contribution in [2.75, 3.05) is 6.54 Å². The molecule has 2 N–H and O–H groups in total. The lowest BCUT2D eigenvalue weighted by Crippen LogP contribution is -2.42. The van der Waals surface area contributed by atoms with E-state index in [4.69, 9.17) is 5.11 Å². The van der Waals surface area contributed by atoms with Crippen molar-refractivity contribution in [2.45, 2.75) is 68.3 Å². The molecule has 0 bridgehead atoms. The molecule has 1 atom stereocenters. The van der Waals surface area contributed by atoms with Crippen LogP contribution in [0, 0.1) is 5.92 Å². The number of aliphatic carboxylic acids is 1. The third-order valence-corrected chi connectivity index (χ3v) is 9.62. The van der Waals surface area contributed by atoms with Crippen LogP contribution in [0.15, 0.2) is 78.0 Å². The Hall–Kier alpha value is -3.56. The van der Waals surface area contributed by atoms with Crippen LogP contribution in [0.1, 0.15) is 62.1 Å². The highest BCUT2D eigenvalue weighted by Gasteiger charge is 2.36. The lowest BCUT2D eigenvalue weighted by Gasteiger charge is -2.33. The third-order valence-electron chi connectivity index (χ3n) is 8.08. The molecule has 2 fully saturated rings. The number of benzene rings is 2. The number of amides is 1. The van der Waals surface area contributed by atoms with Crippen LogP contribution in [-0.4, -0.2) is 47.9 Å². The Morgan fingerprint density at radius 2 is 1.60 bits per heavy atom. The highest BCUT2D eigenvalue weighted by molar-refractivity contribution is 7.89. The molecule has 3 aromatic rings. The molecule has 1 unspecified atom stereocenters. The van der Waals surface area contributed by atoms with Gasteiger partial charge in [0.05, 0.1) is 10.9 Å². The molecule has 1 aliphatic carbocycles. The van der Waals surface area contributed by atoms with Gasteiger partial charge in [-0.25, -0.2) is 13.1 Å².